The predicted octanol–water partition coefficient (Wildman–Crippen LogP) is 4.08. The summed E-state index contributed by atoms with van der Waals surface area (Å²) in [6.45, 7) is 6.66. The Bertz CT molecular complexity index is 1040. The molecule has 0 amide bonds. The lowest BCUT2D eigenvalue weighted by Gasteiger charge is -2.19. The number of benzene rings is 2. The Labute approximate surface area is 164 Å². The van der Waals surface area contributed by atoms with Crippen molar-refractivity contribution in [3.05, 3.63) is 71.0 Å². The van der Waals surface area contributed by atoms with E-state index < -0.39 is 10.0 Å². The first kappa shape index (κ1) is 19.4. The molecule has 6 nitrogen and oxygen atoms in total. The molecule has 0 spiro atoms. The van der Waals surface area contributed by atoms with Gasteiger partial charge in [-0.1, -0.05) is 56.6 Å². The van der Waals surface area contributed by atoms with Gasteiger partial charge in [0, 0.05) is 5.02 Å². The summed E-state index contributed by atoms with van der Waals surface area (Å²) in [7, 11) is -3.75. The number of halogens is 1. The fraction of sp³-hybridized carbons (Fsp3) is 0.263. The van der Waals surface area contributed by atoms with Gasteiger partial charge in [0.25, 0.3) is 16.0 Å². The maximum Gasteiger partial charge on any atom is 0.264 e. The summed E-state index contributed by atoms with van der Waals surface area (Å²) in [5, 5.41) is 4.81. The van der Waals surface area contributed by atoms with Crippen molar-refractivity contribution in [2.45, 2.75) is 37.6 Å². The number of aromatic nitrogens is 3. The molecule has 0 fully saturated rings. The van der Waals surface area contributed by atoms with E-state index in [0.29, 0.717) is 11.6 Å². The van der Waals surface area contributed by atoms with Gasteiger partial charge in [-0.05, 0) is 40.8 Å². The Balaban J connectivity index is 1.74. The van der Waals surface area contributed by atoms with Crippen molar-refractivity contribution < 1.29 is 8.42 Å². The van der Waals surface area contributed by atoms with E-state index in [-0.39, 0.29) is 16.3 Å². The SMILES string of the molecule is CC(C)(C)c1ccc(S(=O)(=O)Nc2ncn(Cc3cccc(Cl)c3)n2)cc1. The second-order valence-electron chi connectivity index (χ2n) is 7.28. The van der Waals surface area contributed by atoms with Crippen LogP contribution in [0.3, 0.4) is 0 Å². The van der Waals surface area contributed by atoms with Crippen LogP contribution in [-0.2, 0) is 22.0 Å². The minimum absolute atomic E-state index is 0.0249. The quantitative estimate of drug-likeness (QED) is 0.695. The van der Waals surface area contributed by atoms with Crippen molar-refractivity contribution in [2.75, 3.05) is 4.72 Å². The highest BCUT2D eigenvalue weighted by Gasteiger charge is 2.19. The average Bonchev–Trinajstić information content (AvgIpc) is 3.00. The number of nitrogens with zero attached hydrogens (tertiary/aromatic N) is 3. The molecule has 3 rings (SSSR count). The third-order valence-electron chi connectivity index (χ3n) is 4.03. The van der Waals surface area contributed by atoms with Crippen molar-refractivity contribution >= 4 is 27.6 Å². The van der Waals surface area contributed by atoms with Gasteiger partial charge in [-0.25, -0.2) is 17.8 Å². The Morgan fingerprint density at radius 2 is 1.81 bits per heavy atom. The fourth-order valence-corrected chi connectivity index (χ4v) is 3.71. The molecule has 3 aromatic rings. The van der Waals surface area contributed by atoms with E-state index in [1.54, 1.807) is 22.9 Å². The van der Waals surface area contributed by atoms with Crippen molar-refractivity contribution in [2.24, 2.45) is 0 Å². The largest absolute Gasteiger partial charge is 0.264 e. The van der Waals surface area contributed by atoms with Crippen LogP contribution in [0.2, 0.25) is 5.02 Å². The summed E-state index contributed by atoms with van der Waals surface area (Å²) in [5.41, 5.74) is 1.96. The van der Waals surface area contributed by atoms with E-state index >= 15 is 0 Å². The molecule has 1 N–H and O–H groups in total. The maximum absolute atomic E-state index is 12.6. The van der Waals surface area contributed by atoms with Gasteiger partial charge in [0.15, 0.2) is 0 Å². The Hall–Kier alpha value is -2.38. The second-order valence-corrected chi connectivity index (χ2v) is 9.39. The molecule has 0 atom stereocenters. The summed E-state index contributed by atoms with van der Waals surface area (Å²) in [4.78, 5) is 4.20. The highest BCUT2D eigenvalue weighted by atomic mass is 35.5. The van der Waals surface area contributed by atoms with Crippen LogP contribution < -0.4 is 4.72 Å². The van der Waals surface area contributed by atoms with Gasteiger partial charge in [0.05, 0.1) is 11.4 Å². The van der Waals surface area contributed by atoms with Crippen LogP contribution in [-0.4, -0.2) is 23.2 Å². The summed E-state index contributed by atoms with van der Waals surface area (Å²) in [6, 6.07) is 14.2. The number of hydrogen-bond acceptors (Lipinski definition) is 4. The second kappa shape index (κ2) is 7.32. The molecule has 142 valence electrons. The lowest BCUT2D eigenvalue weighted by atomic mass is 9.87. The molecule has 0 saturated heterocycles. The van der Waals surface area contributed by atoms with E-state index in [0.717, 1.165) is 11.1 Å². The van der Waals surface area contributed by atoms with E-state index in [1.807, 2.05) is 30.3 Å². The zero-order valence-corrected chi connectivity index (χ0v) is 16.9. The molecular formula is C19H21ClN4O2S. The minimum atomic E-state index is -3.75. The van der Waals surface area contributed by atoms with Gasteiger partial charge < -0.3 is 0 Å². The number of hydrogen-bond donors (Lipinski definition) is 1. The van der Waals surface area contributed by atoms with Crippen LogP contribution in [0.15, 0.2) is 59.8 Å². The van der Waals surface area contributed by atoms with Crippen LogP contribution >= 0.6 is 11.6 Å². The minimum Gasteiger partial charge on any atom is -0.246 e. The van der Waals surface area contributed by atoms with Crippen molar-refractivity contribution in [1.82, 2.24) is 14.8 Å². The van der Waals surface area contributed by atoms with E-state index in [4.69, 9.17) is 11.6 Å². The van der Waals surface area contributed by atoms with Crippen LogP contribution in [0.25, 0.3) is 0 Å². The first-order chi connectivity index (χ1) is 12.6. The monoisotopic (exact) mass is 404 g/mol. The maximum atomic E-state index is 12.6. The molecule has 0 radical (unpaired) electrons. The first-order valence-electron chi connectivity index (χ1n) is 8.41. The van der Waals surface area contributed by atoms with Crippen LogP contribution in [0.1, 0.15) is 31.9 Å². The zero-order chi connectivity index (χ0) is 19.7. The Kier molecular flexibility index (Phi) is 5.26. The third kappa shape index (κ3) is 4.87. The summed E-state index contributed by atoms with van der Waals surface area (Å²) in [5.74, 6) is 0.0249. The van der Waals surface area contributed by atoms with Crippen LogP contribution in [0.4, 0.5) is 5.95 Å². The molecule has 2 aromatic carbocycles. The average molecular weight is 405 g/mol. The van der Waals surface area contributed by atoms with Gasteiger partial charge >= 0.3 is 0 Å². The van der Waals surface area contributed by atoms with Crippen LogP contribution in [0.5, 0.6) is 0 Å². The molecule has 0 saturated carbocycles. The molecule has 0 bridgehead atoms. The topological polar surface area (TPSA) is 76.9 Å². The van der Waals surface area contributed by atoms with Gasteiger partial charge in [0.1, 0.15) is 6.33 Å². The Morgan fingerprint density at radius 1 is 1.11 bits per heavy atom. The predicted molar refractivity (Wildman–Crippen MR) is 107 cm³/mol. The fourth-order valence-electron chi connectivity index (χ4n) is 2.55. The normalized spacial score (nSPS) is 12.1. The smallest absolute Gasteiger partial charge is 0.246 e. The molecule has 0 unspecified atom stereocenters. The number of nitrogens with one attached hydrogen (secondary N) is 1. The zero-order valence-electron chi connectivity index (χ0n) is 15.3. The molecule has 27 heavy (non-hydrogen) atoms. The number of sulfonamides is 1. The highest BCUT2D eigenvalue weighted by molar-refractivity contribution is 7.92. The van der Waals surface area contributed by atoms with Crippen molar-refractivity contribution in [1.29, 1.82) is 0 Å². The van der Waals surface area contributed by atoms with Gasteiger partial charge in [-0.15, -0.1) is 5.10 Å². The molecule has 8 heteroatoms. The van der Waals surface area contributed by atoms with Gasteiger partial charge in [0.2, 0.25) is 0 Å². The first-order valence-corrected chi connectivity index (χ1v) is 10.3. The van der Waals surface area contributed by atoms with Gasteiger partial charge in [-0.3, -0.25) is 0 Å². The van der Waals surface area contributed by atoms with Gasteiger partial charge in [-0.2, -0.15) is 4.98 Å². The molecule has 0 aliphatic heterocycles. The summed E-state index contributed by atoms with van der Waals surface area (Å²) in [6.07, 6.45) is 1.47. The van der Waals surface area contributed by atoms with E-state index in [1.165, 1.54) is 6.33 Å². The molecule has 1 heterocycles. The van der Waals surface area contributed by atoms with Crippen molar-refractivity contribution in [3.63, 3.8) is 0 Å². The Morgan fingerprint density at radius 3 is 2.44 bits per heavy atom. The standard InChI is InChI=1S/C19H21ClN4O2S/c1-19(2,3)15-7-9-17(10-8-15)27(25,26)23-18-21-13-24(22-18)12-14-5-4-6-16(20)11-14/h4-11,13H,12H2,1-3H3,(H,22,23). The molecule has 0 aliphatic rings. The number of anilines is 1. The summed E-state index contributed by atoms with van der Waals surface area (Å²) >= 11 is 5.97. The summed E-state index contributed by atoms with van der Waals surface area (Å²) < 4.78 is 29.1. The lowest BCUT2D eigenvalue weighted by Crippen LogP contribution is -2.16. The van der Waals surface area contributed by atoms with E-state index in [9.17, 15) is 8.42 Å². The van der Waals surface area contributed by atoms with Crippen LogP contribution in [0, 0.1) is 0 Å². The molecule has 1 aromatic heterocycles. The lowest BCUT2D eigenvalue weighted by molar-refractivity contribution is 0.587. The third-order valence-corrected chi connectivity index (χ3v) is 5.61. The van der Waals surface area contributed by atoms with E-state index in [2.05, 4.69) is 35.6 Å². The molecule has 0 aliphatic carbocycles. The van der Waals surface area contributed by atoms with Crippen molar-refractivity contribution in [3.8, 4) is 0 Å². The number of rotatable bonds is 5. The molecular weight excluding hydrogens is 384 g/mol. The highest BCUT2D eigenvalue weighted by Crippen LogP contribution is 2.24.